The van der Waals surface area contributed by atoms with E-state index < -0.39 is 0 Å². The molecule has 0 fully saturated rings. The Hall–Kier alpha value is -4.70. The summed E-state index contributed by atoms with van der Waals surface area (Å²) in [6.07, 6.45) is 11.0. The van der Waals surface area contributed by atoms with Gasteiger partial charge in [-0.25, -0.2) is 0 Å². The lowest BCUT2D eigenvalue weighted by Gasteiger charge is -2.28. The SMILES string of the molecule is C1=CC2=C(NC1)C(n1ccc3c1CCC1=C3c3ccccc3N(c3ccccc3)c3ccccc31)=CCN2. The second kappa shape index (κ2) is 8.42. The first kappa shape index (κ1) is 21.4. The van der Waals surface area contributed by atoms with Crippen LogP contribution in [0.4, 0.5) is 17.1 Å². The normalized spacial score (nSPS) is 17.3. The zero-order chi connectivity index (χ0) is 25.1. The van der Waals surface area contributed by atoms with Crippen molar-refractivity contribution in [1.82, 2.24) is 15.2 Å². The molecule has 0 saturated heterocycles. The minimum Gasteiger partial charge on any atom is -0.380 e. The first-order valence-electron chi connectivity index (χ1n) is 13.5. The van der Waals surface area contributed by atoms with Gasteiger partial charge in [0.25, 0.3) is 0 Å². The maximum Gasteiger partial charge on any atom is 0.0820 e. The van der Waals surface area contributed by atoms with Gasteiger partial charge in [-0.3, -0.25) is 0 Å². The van der Waals surface area contributed by atoms with E-state index in [4.69, 9.17) is 0 Å². The summed E-state index contributed by atoms with van der Waals surface area (Å²) >= 11 is 0. The lowest BCUT2D eigenvalue weighted by atomic mass is 9.82. The lowest BCUT2D eigenvalue weighted by molar-refractivity contribution is 0.785. The van der Waals surface area contributed by atoms with E-state index >= 15 is 0 Å². The third kappa shape index (κ3) is 3.10. The van der Waals surface area contributed by atoms with Crippen molar-refractivity contribution in [2.75, 3.05) is 18.0 Å². The standard InChI is InChI=1S/C34H28N4/c1-2-9-23(10-3-1)38-30-14-6-4-11-24(30)25-16-17-29-27(33(25)26-12-5-7-15-31(26)38)19-22-37(29)32-18-21-35-28-13-8-20-36-34(28)32/h1-15,18-19,22,35-36H,16-17,20-21H2. The quantitative estimate of drug-likeness (QED) is 0.316. The molecular weight excluding hydrogens is 464 g/mol. The van der Waals surface area contributed by atoms with Gasteiger partial charge >= 0.3 is 0 Å². The monoisotopic (exact) mass is 492 g/mol. The van der Waals surface area contributed by atoms with E-state index in [1.165, 1.54) is 67.7 Å². The fourth-order valence-corrected chi connectivity index (χ4v) is 6.54. The topological polar surface area (TPSA) is 32.2 Å². The molecule has 1 aliphatic carbocycles. The fourth-order valence-electron chi connectivity index (χ4n) is 6.54. The third-order valence-corrected chi connectivity index (χ3v) is 8.13. The Labute approximate surface area is 222 Å². The molecule has 184 valence electrons. The molecule has 3 aliphatic heterocycles. The van der Waals surface area contributed by atoms with Crippen LogP contribution < -0.4 is 15.5 Å². The van der Waals surface area contributed by atoms with Gasteiger partial charge in [-0.1, -0.05) is 60.7 Å². The van der Waals surface area contributed by atoms with Crippen LogP contribution >= 0.6 is 0 Å². The molecule has 4 heteroatoms. The first-order valence-corrected chi connectivity index (χ1v) is 13.5. The van der Waals surface area contributed by atoms with E-state index in [2.05, 4.69) is 129 Å². The van der Waals surface area contributed by atoms with Crippen molar-refractivity contribution in [3.8, 4) is 0 Å². The molecule has 38 heavy (non-hydrogen) atoms. The second-order valence-corrected chi connectivity index (χ2v) is 10.1. The van der Waals surface area contributed by atoms with Gasteiger partial charge < -0.3 is 20.1 Å². The smallest absolute Gasteiger partial charge is 0.0820 e. The van der Waals surface area contributed by atoms with Crippen LogP contribution in [0.15, 0.2) is 121 Å². The average molecular weight is 493 g/mol. The Bertz CT molecular complexity index is 1710. The van der Waals surface area contributed by atoms with Gasteiger partial charge in [0.15, 0.2) is 0 Å². The Morgan fingerprint density at radius 2 is 1.42 bits per heavy atom. The molecule has 0 bridgehead atoms. The molecule has 3 aromatic carbocycles. The Balaban J connectivity index is 1.36. The number of allylic oxidation sites excluding steroid dienone is 3. The molecule has 4 aromatic rings. The Morgan fingerprint density at radius 3 is 2.29 bits per heavy atom. The lowest BCUT2D eigenvalue weighted by Crippen LogP contribution is -2.31. The van der Waals surface area contributed by atoms with Gasteiger partial charge in [-0.05, 0) is 66.5 Å². The molecule has 1 aromatic heterocycles. The zero-order valence-electron chi connectivity index (χ0n) is 21.1. The largest absolute Gasteiger partial charge is 0.380 e. The van der Waals surface area contributed by atoms with Crippen molar-refractivity contribution >= 4 is 33.9 Å². The van der Waals surface area contributed by atoms with Crippen LogP contribution in [-0.4, -0.2) is 17.7 Å². The van der Waals surface area contributed by atoms with Crippen molar-refractivity contribution in [2.45, 2.75) is 12.8 Å². The van der Waals surface area contributed by atoms with Crippen LogP contribution in [0.3, 0.4) is 0 Å². The summed E-state index contributed by atoms with van der Waals surface area (Å²) in [6, 6.07) is 30.9. The fraction of sp³-hybridized carbons (Fsp3) is 0.118. The molecule has 0 spiro atoms. The molecule has 0 radical (unpaired) electrons. The number of aromatic nitrogens is 1. The molecule has 2 N–H and O–H groups in total. The van der Waals surface area contributed by atoms with Gasteiger partial charge in [0.2, 0.25) is 0 Å². The number of rotatable bonds is 2. The summed E-state index contributed by atoms with van der Waals surface area (Å²) in [5.41, 5.74) is 15.4. The molecule has 4 heterocycles. The number of hydrogen-bond donors (Lipinski definition) is 2. The van der Waals surface area contributed by atoms with Crippen LogP contribution in [0.1, 0.15) is 28.8 Å². The first-order chi connectivity index (χ1) is 18.9. The summed E-state index contributed by atoms with van der Waals surface area (Å²) in [5.74, 6) is 0. The predicted octanol–water partition coefficient (Wildman–Crippen LogP) is 6.99. The second-order valence-electron chi connectivity index (χ2n) is 10.1. The number of dihydropyridines is 2. The van der Waals surface area contributed by atoms with Gasteiger partial charge in [0.1, 0.15) is 0 Å². The zero-order valence-corrected chi connectivity index (χ0v) is 21.1. The number of para-hydroxylation sites is 3. The van der Waals surface area contributed by atoms with E-state index in [0.29, 0.717) is 0 Å². The maximum absolute atomic E-state index is 3.61. The summed E-state index contributed by atoms with van der Waals surface area (Å²) in [7, 11) is 0. The van der Waals surface area contributed by atoms with E-state index in [1.54, 1.807) is 0 Å². The van der Waals surface area contributed by atoms with Gasteiger partial charge in [-0.15, -0.1) is 0 Å². The average Bonchev–Trinajstić information content (AvgIpc) is 3.37. The number of benzene rings is 3. The number of hydrogen-bond acceptors (Lipinski definition) is 3. The van der Waals surface area contributed by atoms with Crippen LogP contribution in [-0.2, 0) is 6.42 Å². The number of fused-ring (bicyclic) bond motifs is 6. The molecular formula is C34H28N4. The highest BCUT2D eigenvalue weighted by Gasteiger charge is 2.33. The molecule has 8 rings (SSSR count). The molecule has 0 unspecified atom stereocenters. The van der Waals surface area contributed by atoms with Crippen LogP contribution in [0.25, 0.3) is 16.8 Å². The van der Waals surface area contributed by atoms with Gasteiger partial charge in [0, 0.05) is 47.4 Å². The van der Waals surface area contributed by atoms with E-state index in [9.17, 15) is 0 Å². The number of nitrogens with one attached hydrogen (secondary N) is 2. The van der Waals surface area contributed by atoms with E-state index in [0.717, 1.165) is 25.9 Å². The minimum atomic E-state index is 0.837. The van der Waals surface area contributed by atoms with Crippen LogP contribution in [0, 0.1) is 0 Å². The summed E-state index contributed by atoms with van der Waals surface area (Å²) in [5, 5.41) is 7.12. The van der Waals surface area contributed by atoms with Gasteiger partial charge in [0.05, 0.1) is 28.5 Å². The minimum absolute atomic E-state index is 0.837. The molecule has 0 amide bonds. The summed E-state index contributed by atoms with van der Waals surface area (Å²) in [4.78, 5) is 2.43. The molecule has 4 aliphatic rings. The highest BCUT2D eigenvalue weighted by Crippen LogP contribution is 2.52. The van der Waals surface area contributed by atoms with Crippen molar-refractivity contribution in [3.05, 3.63) is 143 Å². The van der Waals surface area contributed by atoms with Crippen molar-refractivity contribution in [2.24, 2.45) is 0 Å². The van der Waals surface area contributed by atoms with E-state index in [1.807, 2.05) is 0 Å². The number of anilines is 3. The third-order valence-electron chi connectivity index (χ3n) is 8.13. The summed E-state index contributed by atoms with van der Waals surface area (Å²) < 4.78 is 2.43. The summed E-state index contributed by atoms with van der Waals surface area (Å²) in [6.45, 7) is 1.69. The Kier molecular flexibility index (Phi) is 4.74. The number of nitrogens with zero attached hydrogens (tertiary/aromatic N) is 2. The van der Waals surface area contributed by atoms with Crippen LogP contribution in [0.5, 0.6) is 0 Å². The predicted molar refractivity (Wildman–Crippen MR) is 156 cm³/mol. The maximum atomic E-state index is 3.61. The highest BCUT2D eigenvalue weighted by atomic mass is 15.2. The van der Waals surface area contributed by atoms with Crippen LogP contribution in [0.2, 0.25) is 0 Å². The highest BCUT2D eigenvalue weighted by molar-refractivity contribution is 6.09. The van der Waals surface area contributed by atoms with Gasteiger partial charge in [-0.2, -0.15) is 0 Å². The van der Waals surface area contributed by atoms with E-state index in [-0.39, 0.29) is 0 Å². The molecule has 4 nitrogen and oxygen atoms in total. The Morgan fingerprint density at radius 1 is 0.658 bits per heavy atom. The molecule has 0 atom stereocenters. The van der Waals surface area contributed by atoms with Crippen molar-refractivity contribution < 1.29 is 0 Å². The molecule has 0 saturated carbocycles. The van der Waals surface area contributed by atoms with Crippen molar-refractivity contribution in [3.63, 3.8) is 0 Å². The van der Waals surface area contributed by atoms with Crippen molar-refractivity contribution in [1.29, 1.82) is 0 Å².